The molecule has 7 nitrogen and oxygen atoms in total. The Morgan fingerprint density at radius 2 is 1.70 bits per heavy atom. The van der Waals surface area contributed by atoms with Gasteiger partial charge in [-0.25, -0.2) is 4.79 Å². The standard InChI is InChI=1S/C39H40N4O3/c1-4-45-39(44)38-32(16-9-24-46-35-17-7-12-28-11-5-6-13-30(28)35)31-14-8-15-33-36-27(3)40-41-34(36)25-42(22-10-23-43(38)37(31)33)29-20-18-26(2)19-21-29/h5-8,11-15,17-21H,4,9-10,16,22-25H2,1-3H3,(H,40,41). The second-order valence-corrected chi connectivity index (χ2v) is 12.1. The van der Waals surface area contributed by atoms with Crippen molar-refractivity contribution >= 4 is 33.3 Å². The SMILES string of the molecule is CCOC(=O)c1c(CCCOc2cccc3ccccc23)c2cccc3c2n1CCCN(c1ccc(C)cc1)Cc1[nH]nc(C)c1-3. The number of fused-ring (bicyclic) bond motifs is 3. The number of aromatic nitrogens is 3. The highest BCUT2D eigenvalue weighted by molar-refractivity contribution is 6.05. The molecule has 1 N–H and O–H groups in total. The zero-order chi connectivity index (χ0) is 31.6. The summed E-state index contributed by atoms with van der Waals surface area (Å²) in [6, 6.07) is 29.6. The molecule has 2 aromatic heterocycles. The van der Waals surface area contributed by atoms with Crippen molar-refractivity contribution in [2.45, 2.75) is 53.1 Å². The summed E-state index contributed by atoms with van der Waals surface area (Å²) in [4.78, 5) is 16.2. The van der Waals surface area contributed by atoms with E-state index in [1.165, 1.54) is 11.3 Å². The Hall–Kier alpha value is -5.04. The van der Waals surface area contributed by atoms with Gasteiger partial charge in [0, 0.05) is 40.7 Å². The summed E-state index contributed by atoms with van der Waals surface area (Å²) in [7, 11) is 0. The highest BCUT2D eigenvalue weighted by Crippen LogP contribution is 2.39. The van der Waals surface area contributed by atoms with Gasteiger partial charge in [0.15, 0.2) is 0 Å². The lowest BCUT2D eigenvalue weighted by atomic mass is 9.98. The second kappa shape index (κ2) is 12.8. The van der Waals surface area contributed by atoms with E-state index >= 15 is 0 Å². The number of benzene rings is 4. The van der Waals surface area contributed by atoms with Gasteiger partial charge < -0.3 is 18.9 Å². The molecule has 6 aromatic rings. The maximum absolute atomic E-state index is 13.8. The molecule has 46 heavy (non-hydrogen) atoms. The van der Waals surface area contributed by atoms with Crippen molar-refractivity contribution in [2.75, 3.05) is 24.7 Å². The van der Waals surface area contributed by atoms with Crippen LogP contribution >= 0.6 is 0 Å². The number of rotatable bonds is 8. The Bertz CT molecular complexity index is 2020. The van der Waals surface area contributed by atoms with Gasteiger partial charge in [-0.2, -0.15) is 5.10 Å². The van der Waals surface area contributed by atoms with E-state index in [-0.39, 0.29) is 5.97 Å². The van der Waals surface area contributed by atoms with Gasteiger partial charge in [-0.15, -0.1) is 0 Å². The number of H-pyrrole nitrogens is 1. The van der Waals surface area contributed by atoms with Crippen molar-refractivity contribution in [3.05, 3.63) is 113 Å². The Morgan fingerprint density at radius 1 is 0.913 bits per heavy atom. The number of carbonyl (C=O) groups excluding carboxylic acids is 1. The summed E-state index contributed by atoms with van der Waals surface area (Å²) in [5, 5.41) is 11.4. The zero-order valence-corrected chi connectivity index (χ0v) is 26.8. The van der Waals surface area contributed by atoms with Crippen molar-refractivity contribution < 1.29 is 14.3 Å². The Morgan fingerprint density at radius 3 is 2.54 bits per heavy atom. The first kappa shape index (κ1) is 29.7. The quantitative estimate of drug-likeness (QED) is 0.138. The van der Waals surface area contributed by atoms with Crippen LogP contribution in [0.2, 0.25) is 0 Å². The van der Waals surface area contributed by atoms with E-state index in [0.29, 0.717) is 31.9 Å². The summed E-state index contributed by atoms with van der Waals surface area (Å²) >= 11 is 0. The average molecular weight is 613 g/mol. The van der Waals surface area contributed by atoms with Crippen LogP contribution < -0.4 is 9.64 Å². The van der Waals surface area contributed by atoms with E-state index in [1.807, 2.05) is 31.2 Å². The molecule has 4 aromatic carbocycles. The summed E-state index contributed by atoms with van der Waals surface area (Å²) in [5.74, 6) is 0.610. The van der Waals surface area contributed by atoms with Gasteiger partial charge in [-0.1, -0.05) is 72.3 Å². The van der Waals surface area contributed by atoms with Gasteiger partial charge in [0.1, 0.15) is 11.4 Å². The fraction of sp³-hybridized carbons (Fsp3) is 0.282. The number of aryl methyl sites for hydroxylation is 4. The number of aromatic amines is 1. The van der Waals surface area contributed by atoms with Gasteiger partial charge in [0.05, 0.1) is 36.7 Å². The van der Waals surface area contributed by atoms with Crippen LogP contribution in [-0.4, -0.2) is 40.5 Å². The topological polar surface area (TPSA) is 72.4 Å². The fourth-order valence-corrected chi connectivity index (χ4v) is 6.96. The monoisotopic (exact) mass is 612 g/mol. The number of hydrogen-bond acceptors (Lipinski definition) is 5. The van der Waals surface area contributed by atoms with Crippen LogP contribution in [0.1, 0.15) is 52.8 Å². The molecule has 0 saturated carbocycles. The van der Waals surface area contributed by atoms with Crippen LogP contribution in [-0.2, 0) is 24.2 Å². The first-order chi connectivity index (χ1) is 22.5. The van der Waals surface area contributed by atoms with Crippen molar-refractivity contribution in [1.82, 2.24) is 14.8 Å². The van der Waals surface area contributed by atoms with Crippen molar-refractivity contribution in [3.63, 3.8) is 0 Å². The van der Waals surface area contributed by atoms with Crippen LogP contribution in [0.4, 0.5) is 5.69 Å². The summed E-state index contributed by atoms with van der Waals surface area (Å²) in [6.07, 6.45) is 2.32. The van der Waals surface area contributed by atoms with Crippen molar-refractivity contribution in [2.24, 2.45) is 0 Å². The molecule has 0 atom stereocenters. The molecule has 0 radical (unpaired) electrons. The minimum absolute atomic E-state index is 0.272. The number of nitrogens with zero attached hydrogens (tertiary/aromatic N) is 3. The maximum Gasteiger partial charge on any atom is 0.355 e. The maximum atomic E-state index is 13.8. The number of ether oxygens (including phenoxy) is 2. The normalized spacial score (nSPS) is 13.2. The van der Waals surface area contributed by atoms with Crippen LogP contribution in [0.3, 0.4) is 0 Å². The fourth-order valence-electron chi connectivity index (χ4n) is 6.96. The molecule has 7 heteroatoms. The van der Waals surface area contributed by atoms with E-state index in [4.69, 9.17) is 9.47 Å². The van der Waals surface area contributed by atoms with Crippen LogP contribution in [0.25, 0.3) is 32.8 Å². The van der Waals surface area contributed by atoms with Gasteiger partial charge in [0.25, 0.3) is 0 Å². The van der Waals surface area contributed by atoms with Crippen LogP contribution in [0.5, 0.6) is 5.75 Å². The Labute approximate surface area is 269 Å². The van der Waals surface area contributed by atoms with Crippen LogP contribution in [0.15, 0.2) is 84.9 Å². The first-order valence-electron chi connectivity index (χ1n) is 16.3. The van der Waals surface area contributed by atoms with Crippen LogP contribution in [0, 0.1) is 13.8 Å². The van der Waals surface area contributed by atoms with Crippen molar-refractivity contribution in [3.8, 4) is 16.9 Å². The molecule has 234 valence electrons. The number of para-hydroxylation sites is 1. The van der Waals surface area contributed by atoms with Gasteiger partial charge in [0.2, 0.25) is 0 Å². The number of nitrogens with one attached hydrogen (secondary N) is 1. The summed E-state index contributed by atoms with van der Waals surface area (Å²) in [5.41, 5.74) is 9.37. The number of hydrogen-bond donors (Lipinski definition) is 1. The van der Waals surface area contributed by atoms with E-state index < -0.39 is 0 Å². The molecule has 0 saturated heterocycles. The number of carbonyl (C=O) groups is 1. The Kier molecular flexibility index (Phi) is 8.22. The lowest BCUT2D eigenvalue weighted by Gasteiger charge is -2.27. The van der Waals surface area contributed by atoms with Gasteiger partial charge in [-0.05, 0) is 69.2 Å². The smallest absolute Gasteiger partial charge is 0.355 e. The predicted molar refractivity (Wildman–Crippen MR) is 185 cm³/mol. The van der Waals surface area contributed by atoms with Gasteiger partial charge in [-0.3, -0.25) is 5.10 Å². The second-order valence-electron chi connectivity index (χ2n) is 12.1. The molecule has 0 aliphatic carbocycles. The third kappa shape index (κ3) is 5.51. The molecule has 0 bridgehead atoms. The van der Waals surface area contributed by atoms with E-state index in [2.05, 4.69) is 94.2 Å². The highest BCUT2D eigenvalue weighted by atomic mass is 16.5. The van der Waals surface area contributed by atoms with Crippen molar-refractivity contribution in [1.29, 1.82) is 0 Å². The minimum Gasteiger partial charge on any atom is -0.493 e. The summed E-state index contributed by atoms with van der Waals surface area (Å²) < 4.78 is 14.3. The summed E-state index contributed by atoms with van der Waals surface area (Å²) in [6.45, 7) is 9.15. The average Bonchev–Trinajstić information content (AvgIpc) is 3.60. The lowest BCUT2D eigenvalue weighted by molar-refractivity contribution is 0.0512. The lowest BCUT2D eigenvalue weighted by Crippen LogP contribution is -2.26. The molecule has 0 amide bonds. The molecule has 3 heterocycles. The predicted octanol–water partition coefficient (Wildman–Crippen LogP) is 8.40. The molecular weight excluding hydrogens is 572 g/mol. The third-order valence-corrected chi connectivity index (χ3v) is 9.08. The first-order valence-corrected chi connectivity index (χ1v) is 16.3. The molecule has 0 fully saturated rings. The molecule has 0 unspecified atom stereocenters. The molecule has 0 spiro atoms. The third-order valence-electron chi connectivity index (χ3n) is 9.08. The molecule has 7 rings (SSSR count). The number of anilines is 1. The largest absolute Gasteiger partial charge is 0.493 e. The highest BCUT2D eigenvalue weighted by Gasteiger charge is 2.28. The molecule has 1 aliphatic rings. The Balaban J connectivity index is 1.28. The molecular formula is C39H40N4O3. The minimum atomic E-state index is -0.272. The zero-order valence-electron chi connectivity index (χ0n) is 26.8. The van der Waals surface area contributed by atoms with E-state index in [1.54, 1.807) is 0 Å². The van der Waals surface area contributed by atoms with E-state index in [0.717, 1.165) is 81.4 Å². The number of esters is 1. The molecule has 1 aliphatic heterocycles. The van der Waals surface area contributed by atoms with Gasteiger partial charge >= 0.3 is 5.97 Å². The van der Waals surface area contributed by atoms with E-state index in [9.17, 15) is 4.79 Å².